The molecule has 0 aliphatic carbocycles. The molecule has 128 valence electrons. The van der Waals surface area contributed by atoms with Crippen molar-refractivity contribution in [3.63, 3.8) is 0 Å². The molecule has 0 amide bonds. The minimum Gasteiger partial charge on any atom is -0.423 e. The highest BCUT2D eigenvalue weighted by molar-refractivity contribution is 5.29. The van der Waals surface area contributed by atoms with Crippen LogP contribution in [0, 0.1) is 20.8 Å². The monoisotopic (exact) mass is 334 g/mol. The Morgan fingerprint density at radius 3 is 0.920 bits per heavy atom. The molecule has 0 aliphatic rings. The van der Waals surface area contributed by atoms with Crippen molar-refractivity contribution in [3.8, 4) is 17.2 Å². The van der Waals surface area contributed by atoms with Gasteiger partial charge in [0.1, 0.15) is 17.2 Å². The predicted octanol–water partition coefficient (Wildman–Crippen LogP) is 5.43. The second-order valence-electron chi connectivity index (χ2n) is 6.08. The summed E-state index contributed by atoms with van der Waals surface area (Å²) in [5.74, 6) is 2.07. The molecule has 0 saturated carbocycles. The highest BCUT2D eigenvalue weighted by atomic mass is 16.8. The molecule has 0 saturated heterocycles. The third kappa shape index (κ3) is 5.01. The number of aryl methyl sites for hydroxylation is 3. The minimum atomic E-state index is -0.881. The largest absolute Gasteiger partial charge is 0.423 e. The summed E-state index contributed by atoms with van der Waals surface area (Å²) >= 11 is 0. The fraction of sp³-hybridized carbons (Fsp3) is 0.182. The zero-order valence-corrected chi connectivity index (χ0v) is 14.7. The van der Waals surface area contributed by atoms with E-state index in [1.807, 2.05) is 93.6 Å². The van der Waals surface area contributed by atoms with Crippen LogP contribution < -0.4 is 14.2 Å². The van der Waals surface area contributed by atoms with Gasteiger partial charge in [0.15, 0.2) is 0 Å². The first-order valence-corrected chi connectivity index (χ1v) is 8.28. The summed E-state index contributed by atoms with van der Waals surface area (Å²) < 4.78 is 17.7. The molecule has 0 aromatic heterocycles. The van der Waals surface area contributed by atoms with Crippen LogP contribution in [0.1, 0.15) is 16.7 Å². The van der Waals surface area contributed by atoms with E-state index >= 15 is 0 Å². The van der Waals surface area contributed by atoms with Crippen molar-refractivity contribution in [1.29, 1.82) is 0 Å². The number of hydrogen-bond donors (Lipinski definition) is 0. The summed E-state index contributed by atoms with van der Waals surface area (Å²) in [7, 11) is 0. The molecule has 0 unspecified atom stereocenters. The number of ether oxygens (including phenoxy) is 3. The molecule has 3 nitrogen and oxygen atoms in total. The topological polar surface area (TPSA) is 27.7 Å². The number of hydrogen-bond acceptors (Lipinski definition) is 3. The molecule has 0 atom stereocenters. The lowest BCUT2D eigenvalue weighted by Crippen LogP contribution is -2.30. The van der Waals surface area contributed by atoms with Crippen molar-refractivity contribution in [2.45, 2.75) is 27.2 Å². The Labute approximate surface area is 148 Å². The van der Waals surface area contributed by atoms with Crippen LogP contribution in [0.3, 0.4) is 0 Å². The van der Waals surface area contributed by atoms with Gasteiger partial charge in [-0.2, -0.15) is 0 Å². The first-order chi connectivity index (χ1) is 12.1. The summed E-state index contributed by atoms with van der Waals surface area (Å²) in [6.45, 7) is 5.22. The second-order valence-corrected chi connectivity index (χ2v) is 6.08. The Bertz CT molecular complexity index is 677. The minimum absolute atomic E-state index is 0.690. The summed E-state index contributed by atoms with van der Waals surface area (Å²) in [4.78, 5) is 0. The van der Waals surface area contributed by atoms with Crippen molar-refractivity contribution in [2.75, 3.05) is 0 Å². The molecule has 0 N–H and O–H groups in total. The average Bonchev–Trinajstić information content (AvgIpc) is 2.61. The van der Waals surface area contributed by atoms with Crippen molar-refractivity contribution < 1.29 is 14.2 Å². The van der Waals surface area contributed by atoms with Crippen LogP contribution in [0.25, 0.3) is 0 Å². The van der Waals surface area contributed by atoms with Crippen LogP contribution in [0.5, 0.6) is 17.2 Å². The molecule has 3 aromatic rings. The molecular formula is C22H22O3. The summed E-state index contributed by atoms with van der Waals surface area (Å²) in [5.41, 5.74) is 3.51. The van der Waals surface area contributed by atoms with Crippen LogP contribution >= 0.6 is 0 Å². The van der Waals surface area contributed by atoms with E-state index in [1.165, 1.54) is 16.7 Å². The highest BCUT2D eigenvalue weighted by Gasteiger charge is 2.15. The Balaban J connectivity index is 1.77. The van der Waals surface area contributed by atoms with Crippen molar-refractivity contribution in [1.82, 2.24) is 0 Å². The van der Waals surface area contributed by atoms with Gasteiger partial charge in [0.2, 0.25) is 0 Å². The molecule has 0 aliphatic heterocycles. The van der Waals surface area contributed by atoms with Crippen molar-refractivity contribution in [3.05, 3.63) is 89.5 Å². The van der Waals surface area contributed by atoms with Gasteiger partial charge in [-0.05, 0) is 57.2 Å². The molecule has 0 bridgehead atoms. The van der Waals surface area contributed by atoms with Gasteiger partial charge in [-0.1, -0.05) is 53.1 Å². The Morgan fingerprint density at radius 1 is 0.440 bits per heavy atom. The molecule has 0 radical (unpaired) electrons. The quantitative estimate of drug-likeness (QED) is 0.562. The van der Waals surface area contributed by atoms with Gasteiger partial charge < -0.3 is 14.2 Å². The van der Waals surface area contributed by atoms with Crippen LogP contribution in [-0.2, 0) is 0 Å². The van der Waals surface area contributed by atoms with Gasteiger partial charge in [0.05, 0.1) is 0 Å². The maximum Gasteiger partial charge on any atom is 0.406 e. The first kappa shape index (κ1) is 16.9. The van der Waals surface area contributed by atoms with Crippen molar-refractivity contribution >= 4 is 0 Å². The van der Waals surface area contributed by atoms with Gasteiger partial charge in [0, 0.05) is 0 Å². The molecular weight excluding hydrogens is 312 g/mol. The third-order valence-electron chi connectivity index (χ3n) is 3.76. The Morgan fingerprint density at radius 2 is 0.680 bits per heavy atom. The smallest absolute Gasteiger partial charge is 0.406 e. The van der Waals surface area contributed by atoms with Crippen LogP contribution in [0.15, 0.2) is 72.8 Å². The van der Waals surface area contributed by atoms with E-state index in [-0.39, 0.29) is 0 Å². The predicted molar refractivity (Wildman–Crippen MR) is 99.2 cm³/mol. The lowest BCUT2D eigenvalue weighted by atomic mass is 10.2. The molecule has 0 fully saturated rings. The highest BCUT2D eigenvalue weighted by Crippen LogP contribution is 2.21. The summed E-state index contributed by atoms with van der Waals surface area (Å²) in [6, 6.07) is 23.4. The van der Waals surface area contributed by atoms with E-state index < -0.39 is 6.48 Å². The van der Waals surface area contributed by atoms with Crippen LogP contribution in [0.2, 0.25) is 0 Å². The maximum absolute atomic E-state index is 5.89. The lowest BCUT2D eigenvalue weighted by Gasteiger charge is -2.21. The molecule has 3 heteroatoms. The molecule has 3 aromatic carbocycles. The number of rotatable bonds is 6. The Hall–Kier alpha value is -2.94. The van der Waals surface area contributed by atoms with Gasteiger partial charge in [0.25, 0.3) is 0 Å². The van der Waals surface area contributed by atoms with Crippen LogP contribution in [-0.4, -0.2) is 6.48 Å². The van der Waals surface area contributed by atoms with E-state index in [0.717, 1.165) is 0 Å². The lowest BCUT2D eigenvalue weighted by molar-refractivity contribution is -0.140. The van der Waals surface area contributed by atoms with Crippen LogP contribution in [0.4, 0.5) is 0 Å². The van der Waals surface area contributed by atoms with E-state index in [2.05, 4.69) is 0 Å². The van der Waals surface area contributed by atoms with Gasteiger partial charge in [-0.3, -0.25) is 0 Å². The molecule has 25 heavy (non-hydrogen) atoms. The van der Waals surface area contributed by atoms with E-state index in [4.69, 9.17) is 14.2 Å². The summed E-state index contributed by atoms with van der Waals surface area (Å²) in [5, 5.41) is 0. The average molecular weight is 334 g/mol. The normalized spacial score (nSPS) is 10.6. The second kappa shape index (κ2) is 7.75. The van der Waals surface area contributed by atoms with E-state index in [1.54, 1.807) is 0 Å². The third-order valence-corrected chi connectivity index (χ3v) is 3.76. The number of benzene rings is 3. The molecule has 0 spiro atoms. The zero-order chi connectivity index (χ0) is 17.6. The first-order valence-electron chi connectivity index (χ1n) is 8.28. The Kier molecular flexibility index (Phi) is 5.24. The zero-order valence-electron chi connectivity index (χ0n) is 14.7. The van der Waals surface area contributed by atoms with E-state index in [9.17, 15) is 0 Å². The van der Waals surface area contributed by atoms with Gasteiger partial charge in [-0.15, -0.1) is 0 Å². The molecule has 3 rings (SSSR count). The van der Waals surface area contributed by atoms with Gasteiger partial charge in [-0.25, -0.2) is 0 Å². The molecule has 0 heterocycles. The van der Waals surface area contributed by atoms with E-state index in [0.29, 0.717) is 17.2 Å². The summed E-state index contributed by atoms with van der Waals surface area (Å²) in [6.07, 6.45) is 0. The fourth-order valence-electron chi connectivity index (χ4n) is 2.26. The SMILES string of the molecule is Cc1ccc(OC(Oc2ccc(C)cc2)Oc2ccc(C)cc2)cc1. The van der Waals surface area contributed by atoms with Crippen molar-refractivity contribution in [2.24, 2.45) is 0 Å². The standard InChI is InChI=1S/C22H22O3/c1-16-4-10-19(11-5-16)23-22(24-20-12-6-17(2)7-13-20)25-21-14-8-18(3)9-15-21/h4-15,22H,1-3H3. The fourth-order valence-corrected chi connectivity index (χ4v) is 2.26. The maximum atomic E-state index is 5.89. The van der Waals surface area contributed by atoms with Gasteiger partial charge >= 0.3 is 6.48 Å².